The van der Waals surface area contributed by atoms with Gasteiger partial charge in [0.15, 0.2) is 5.82 Å². The zero-order valence-electron chi connectivity index (χ0n) is 18.3. The monoisotopic (exact) mass is 464 g/mol. The molecule has 1 aliphatic rings. The molecule has 0 bridgehead atoms. The summed E-state index contributed by atoms with van der Waals surface area (Å²) in [4.78, 5) is 26.3. The molecule has 0 amide bonds. The number of pyridine rings is 1. The Balaban J connectivity index is 1.63. The summed E-state index contributed by atoms with van der Waals surface area (Å²) < 4.78 is 7.24. The van der Waals surface area contributed by atoms with Gasteiger partial charge in [0.05, 0.1) is 16.0 Å². The molecule has 3 heterocycles. The molecular formula is C23H23ClN7O2-. The Kier molecular flexibility index (Phi) is 5.49. The molecule has 3 aromatic heterocycles. The van der Waals surface area contributed by atoms with Gasteiger partial charge in [-0.2, -0.15) is 4.98 Å². The molecule has 0 saturated heterocycles. The van der Waals surface area contributed by atoms with Gasteiger partial charge in [-0.25, -0.2) is 4.98 Å². The van der Waals surface area contributed by atoms with Gasteiger partial charge in [-0.15, -0.1) is 0 Å². The summed E-state index contributed by atoms with van der Waals surface area (Å²) in [7, 11) is 0. The van der Waals surface area contributed by atoms with Gasteiger partial charge >= 0.3 is 0 Å². The largest absolute Gasteiger partial charge is 0.455 e. The number of nitrogens with two attached hydrogens (primary N) is 1. The van der Waals surface area contributed by atoms with E-state index in [0.717, 1.165) is 23.9 Å². The fourth-order valence-electron chi connectivity index (χ4n) is 4.03. The topological polar surface area (TPSA) is 127 Å². The summed E-state index contributed by atoms with van der Waals surface area (Å²) in [5.41, 5.74) is 7.29. The van der Waals surface area contributed by atoms with E-state index in [4.69, 9.17) is 27.2 Å². The summed E-state index contributed by atoms with van der Waals surface area (Å²) in [5.74, 6) is 1.33. The fraction of sp³-hybridized carbons (Fsp3) is 0.348. The van der Waals surface area contributed by atoms with Crippen LogP contribution in [0.5, 0.6) is 0 Å². The van der Waals surface area contributed by atoms with E-state index in [0.29, 0.717) is 40.5 Å². The Morgan fingerprint density at radius 1 is 1.30 bits per heavy atom. The Morgan fingerprint density at radius 3 is 2.82 bits per heavy atom. The van der Waals surface area contributed by atoms with Crippen LogP contribution < -0.4 is 11.3 Å². The zero-order chi connectivity index (χ0) is 23.1. The van der Waals surface area contributed by atoms with Crippen LogP contribution in [-0.2, 0) is 6.42 Å². The number of aromatic nitrogens is 5. The summed E-state index contributed by atoms with van der Waals surface area (Å²) in [6, 6.07) is 7.30. The molecule has 0 spiro atoms. The van der Waals surface area contributed by atoms with Gasteiger partial charge < -0.3 is 25.1 Å². The summed E-state index contributed by atoms with van der Waals surface area (Å²) in [6.45, 7) is 3.95. The van der Waals surface area contributed by atoms with Crippen LogP contribution in [0.3, 0.4) is 0 Å². The first kappa shape index (κ1) is 21.4. The van der Waals surface area contributed by atoms with Crippen LogP contribution in [0, 0.1) is 0 Å². The third kappa shape index (κ3) is 3.82. The second kappa shape index (κ2) is 8.47. The van der Waals surface area contributed by atoms with E-state index < -0.39 is 0 Å². The minimum Gasteiger partial charge on any atom is -0.455 e. The van der Waals surface area contributed by atoms with Gasteiger partial charge in [0.1, 0.15) is 5.82 Å². The molecule has 0 aliphatic heterocycles. The number of anilines is 1. The van der Waals surface area contributed by atoms with Crippen molar-refractivity contribution in [2.75, 3.05) is 5.73 Å². The van der Waals surface area contributed by atoms with E-state index in [1.165, 1.54) is 6.33 Å². The molecule has 33 heavy (non-hydrogen) atoms. The van der Waals surface area contributed by atoms with E-state index in [1.807, 2.05) is 36.6 Å². The number of rotatable bonds is 7. The number of halogens is 1. The molecule has 1 aromatic carbocycles. The van der Waals surface area contributed by atoms with Crippen LogP contribution in [-0.4, -0.2) is 24.7 Å². The maximum absolute atomic E-state index is 13.5. The van der Waals surface area contributed by atoms with Crippen LogP contribution in [0.25, 0.3) is 27.5 Å². The molecule has 5 rings (SSSR count). The third-order valence-corrected chi connectivity index (χ3v) is 6.15. The molecule has 1 atom stereocenters. The molecule has 170 valence electrons. The number of benzene rings is 1. The van der Waals surface area contributed by atoms with Gasteiger partial charge in [0.2, 0.25) is 0 Å². The molecule has 10 heteroatoms. The highest BCUT2D eigenvalue weighted by Gasteiger charge is 2.29. The van der Waals surface area contributed by atoms with Crippen molar-refractivity contribution in [3.05, 3.63) is 62.8 Å². The molecular weight excluding hydrogens is 442 g/mol. The average molecular weight is 465 g/mol. The quantitative estimate of drug-likeness (QED) is 0.401. The first-order valence-electron chi connectivity index (χ1n) is 11.0. The van der Waals surface area contributed by atoms with E-state index >= 15 is 0 Å². The van der Waals surface area contributed by atoms with Crippen LogP contribution in [0.4, 0.5) is 11.6 Å². The van der Waals surface area contributed by atoms with Crippen molar-refractivity contribution in [2.24, 2.45) is 0 Å². The number of hydrogen-bond acceptors (Lipinski definition) is 7. The lowest BCUT2D eigenvalue weighted by atomic mass is 10.0. The molecule has 4 aromatic rings. The molecule has 0 radical (unpaired) electrons. The average Bonchev–Trinajstić information content (AvgIpc) is 3.53. The number of nitrogen functional groups attached to an aromatic ring is 1. The van der Waals surface area contributed by atoms with Crippen molar-refractivity contribution in [1.29, 1.82) is 0 Å². The number of aryl methyl sites for hydroxylation is 1. The first-order valence-corrected chi connectivity index (χ1v) is 11.4. The summed E-state index contributed by atoms with van der Waals surface area (Å²) >= 11 is 6.38. The lowest BCUT2D eigenvalue weighted by Gasteiger charge is -2.29. The minimum atomic E-state index is -0.344. The molecule has 1 unspecified atom stereocenters. The van der Waals surface area contributed by atoms with Crippen LogP contribution in [0.15, 0.2) is 39.9 Å². The highest BCUT2D eigenvalue weighted by molar-refractivity contribution is 6.35. The molecule has 2 N–H and O–H groups in total. The van der Waals surface area contributed by atoms with E-state index in [-0.39, 0.29) is 29.4 Å². The third-order valence-electron chi connectivity index (χ3n) is 5.83. The number of hydrogen-bond donors (Lipinski definition) is 1. The van der Waals surface area contributed by atoms with Gasteiger partial charge in [-0.05, 0) is 42.6 Å². The zero-order valence-corrected chi connectivity index (χ0v) is 19.1. The standard InChI is InChI=1S/C23H23ClN7O2/c1-3-15(28-21-19(20(25)26-11-27-21)22-29-17(4-2)30-33-22)16-10-12-6-5-7-14(24)18(12)23(32)31(16)13-8-9-13/h5-7,10-11,13,15H,3-4,8-9H2,1-2H3,(H2-,25,26,27,28,29,30)/q-1. The van der Waals surface area contributed by atoms with Gasteiger partial charge in [0.25, 0.3) is 11.4 Å². The van der Waals surface area contributed by atoms with Gasteiger partial charge in [-0.1, -0.05) is 42.7 Å². The van der Waals surface area contributed by atoms with Crippen molar-refractivity contribution in [1.82, 2.24) is 24.7 Å². The Bertz CT molecular complexity index is 1390. The van der Waals surface area contributed by atoms with E-state index in [1.54, 1.807) is 6.07 Å². The number of fused-ring (bicyclic) bond motifs is 1. The smallest absolute Gasteiger partial charge is 0.261 e. The van der Waals surface area contributed by atoms with Crippen LogP contribution >= 0.6 is 11.6 Å². The Morgan fingerprint density at radius 2 is 2.12 bits per heavy atom. The SMILES string of the molecule is CCc1noc(-c2c(N)ncnc2[N-]C(CC)c2cc3cccc(Cl)c3c(=O)n2C2CC2)n1. The highest BCUT2D eigenvalue weighted by Crippen LogP contribution is 2.43. The lowest BCUT2D eigenvalue weighted by molar-refractivity contribution is 0.423. The first-order chi connectivity index (χ1) is 16.0. The second-order valence-electron chi connectivity index (χ2n) is 8.06. The lowest BCUT2D eigenvalue weighted by Crippen LogP contribution is -2.24. The second-order valence-corrected chi connectivity index (χ2v) is 8.47. The Hall–Kier alpha value is -3.46. The predicted molar refractivity (Wildman–Crippen MR) is 127 cm³/mol. The highest BCUT2D eigenvalue weighted by atomic mass is 35.5. The van der Waals surface area contributed by atoms with Crippen molar-refractivity contribution < 1.29 is 4.52 Å². The van der Waals surface area contributed by atoms with Crippen LogP contribution in [0.1, 0.15) is 56.7 Å². The number of nitrogens with zero attached hydrogens (tertiary/aromatic N) is 6. The Labute approximate surface area is 195 Å². The van der Waals surface area contributed by atoms with Gasteiger partial charge in [0, 0.05) is 30.5 Å². The molecule has 1 aliphatic carbocycles. The maximum Gasteiger partial charge on any atom is 0.261 e. The van der Waals surface area contributed by atoms with Crippen molar-refractivity contribution >= 4 is 34.0 Å². The van der Waals surface area contributed by atoms with E-state index in [9.17, 15) is 4.79 Å². The van der Waals surface area contributed by atoms with Crippen molar-refractivity contribution in [2.45, 2.75) is 51.6 Å². The van der Waals surface area contributed by atoms with E-state index in [2.05, 4.69) is 20.1 Å². The van der Waals surface area contributed by atoms with Gasteiger partial charge in [-0.3, -0.25) is 4.79 Å². The molecule has 1 fully saturated rings. The molecule has 9 nitrogen and oxygen atoms in total. The predicted octanol–water partition coefficient (Wildman–Crippen LogP) is 5.13. The maximum atomic E-state index is 13.5. The fourth-order valence-corrected chi connectivity index (χ4v) is 4.29. The summed E-state index contributed by atoms with van der Waals surface area (Å²) in [6.07, 6.45) is 4.52. The van der Waals surface area contributed by atoms with Crippen molar-refractivity contribution in [3.63, 3.8) is 0 Å². The minimum absolute atomic E-state index is 0.0869. The van der Waals surface area contributed by atoms with Crippen molar-refractivity contribution in [3.8, 4) is 11.5 Å². The summed E-state index contributed by atoms with van der Waals surface area (Å²) in [5, 5.41) is 10.6. The molecule has 1 saturated carbocycles. The normalized spacial score (nSPS) is 14.5. The van der Waals surface area contributed by atoms with Crippen LogP contribution in [0.2, 0.25) is 5.02 Å².